The Bertz CT molecular complexity index is 279. The Morgan fingerprint density at radius 2 is 2.22 bits per heavy atom. The summed E-state index contributed by atoms with van der Waals surface area (Å²) in [5.41, 5.74) is 5.96. The number of hydrogen-bond acceptors (Lipinski definition) is 4. The van der Waals surface area contributed by atoms with E-state index in [0.29, 0.717) is 32.3 Å². The van der Waals surface area contributed by atoms with Gasteiger partial charge in [0.1, 0.15) is 0 Å². The van der Waals surface area contributed by atoms with Gasteiger partial charge >= 0.3 is 0 Å². The molecule has 0 aromatic carbocycles. The van der Waals surface area contributed by atoms with Crippen molar-refractivity contribution in [3.05, 3.63) is 0 Å². The van der Waals surface area contributed by atoms with Crippen LogP contribution in [-0.2, 0) is 14.3 Å². The first kappa shape index (κ1) is 13.8. The zero-order valence-electron chi connectivity index (χ0n) is 11.1. The lowest BCUT2D eigenvalue weighted by Gasteiger charge is -2.31. The van der Waals surface area contributed by atoms with Crippen LogP contribution in [-0.4, -0.2) is 44.4 Å². The standard InChI is InChI=1S/C13H24N2O3/c1-9-6-10(2-3-12(9)14)13(16)15-7-11-8-17-4-5-18-11/h9-12H,2-8,14H2,1H3,(H,15,16). The molecule has 4 atom stereocenters. The summed E-state index contributed by atoms with van der Waals surface area (Å²) in [5, 5.41) is 2.97. The lowest BCUT2D eigenvalue weighted by Crippen LogP contribution is -2.44. The van der Waals surface area contributed by atoms with Crippen LogP contribution in [0.5, 0.6) is 0 Å². The minimum atomic E-state index is 0.00553. The molecule has 1 saturated heterocycles. The van der Waals surface area contributed by atoms with E-state index in [1.54, 1.807) is 0 Å². The molecular weight excluding hydrogens is 232 g/mol. The van der Waals surface area contributed by atoms with Gasteiger partial charge in [0.25, 0.3) is 0 Å². The highest BCUT2D eigenvalue weighted by molar-refractivity contribution is 5.78. The maximum atomic E-state index is 12.0. The lowest BCUT2D eigenvalue weighted by molar-refractivity contribution is -0.129. The number of nitrogens with one attached hydrogen (secondary N) is 1. The van der Waals surface area contributed by atoms with E-state index in [1.807, 2.05) is 0 Å². The number of carbonyl (C=O) groups excluding carboxylic acids is 1. The summed E-state index contributed by atoms with van der Waals surface area (Å²) in [4.78, 5) is 12.0. The highest BCUT2D eigenvalue weighted by atomic mass is 16.6. The predicted octanol–water partition coefficient (Wildman–Crippen LogP) is 0.282. The number of amides is 1. The number of rotatable bonds is 3. The van der Waals surface area contributed by atoms with Crippen molar-refractivity contribution in [2.45, 2.75) is 38.3 Å². The quantitative estimate of drug-likeness (QED) is 0.761. The summed E-state index contributed by atoms with van der Waals surface area (Å²) in [6.45, 7) is 4.53. The van der Waals surface area contributed by atoms with Crippen LogP contribution in [0.2, 0.25) is 0 Å². The predicted molar refractivity (Wildman–Crippen MR) is 68.0 cm³/mol. The Kier molecular flexibility index (Phi) is 4.97. The lowest BCUT2D eigenvalue weighted by atomic mass is 9.79. The minimum Gasteiger partial charge on any atom is -0.376 e. The van der Waals surface area contributed by atoms with E-state index >= 15 is 0 Å². The third-order valence-corrected chi connectivity index (χ3v) is 4.00. The molecule has 0 radical (unpaired) electrons. The normalized spacial score (nSPS) is 37.2. The monoisotopic (exact) mass is 256 g/mol. The Labute approximate surface area is 108 Å². The van der Waals surface area contributed by atoms with Gasteiger partial charge in [-0.1, -0.05) is 6.92 Å². The SMILES string of the molecule is CC1CC(C(=O)NCC2COCCO2)CCC1N. The molecule has 2 aliphatic rings. The second-order valence-corrected chi connectivity index (χ2v) is 5.46. The molecule has 1 amide bonds. The van der Waals surface area contributed by atoms with Gasteiger partial charge in [-0.2, -0.15) is 0 Å². The maximum Gasteiger partial charge on any atom is 0.223 e. The van der Waals surface area contributed by atoms with Gasteiger partial charge in [-0.25, -0.2) is 0 Å². The van der Waals surface area contributed by atoms with Crippen LogP contribution in [0.3, 0.4) is 0 Å². The summed E-state index contributed by atoms with van der Waals surface area (Å²) >= 11 is 0. The molecule has 4 unspecified atom stereocenters. The van der Waals surface area contributed by atoms with Crippen molar-refractivity contribution in [2.24, 2.45) is 17.6 Å². The van der Waals surface area contributed by atoms with E-state index in [9.17, 15) is 4.79 Å². The fourth-order valence-electron chi connectivity index (χ4n) is 2.67. The smallest absolute Gasteiger partial charge is 0.223 e. The molecule has 0 aromatic rings. The summed E-state index contributed by atoms with van der Waals surface area (Å²) in [6.07, 6.45) is 2.75. The fraction of sp³-hybridized carbons (Fsp3) is 0.923. The van der Waals surface area contributed by atoms with Crippen molar-refractivity contribution in [1.82, 2.24) is 5.32 Å². The number of nitrogens with two attached hydrogens (primary N) is 1. The molecule has 5 nitrogen and oxygen atoms in total. The van der Waals surface area contributed by atoms with Crippen molar-refractivity contribution < 1.29 is 14.3 Å². The third-order valence-electron chi connectivity index (χ3n) is 4.00. The van der Waals surface area contributed by atoms with Gasteiger partial charge in [0.05, 0.1) is 25.9 Å². The van der Waals surface area contributed by atoms with Crippen molar-refractivity contribution in [3.8, 4) is 0 Å². The Morgan fingerprint density at radius 3 is 2.89 bits per heavy atom. The van der Waals surface area contributed by atoms with E-state index < -0.39 is 0 Å². The highest BCUT2D eigenvalue weighted by Gasteiger charge is 2.29. The molecule has 1 aliphatic heterocycles. The van der Waals surface area contributed by atoms with Gasteiger partial charge in [0.15, 0.2) is 0 Å². The Balaban J connectivity index is 1.70. The van der Waals surface area contributed by atoms with Crippen LogP contribution in [0.4, 0.5) is 0 Å². The summed E-state index contributed by atoms with van der Waals surface area (Å²) in [5.74, 6) is 0.691. The fourth-order valence-corrected chi connectivity index (χ4v) is 2.67. The summed E-state index contributed by atoms with van der Waals surface area (Å²) < 4.78 is 10.8. The van der Waals surface area contributed by atoms with Gasteiger partial charge < -0.3 is 20.5 Å². The zero-order valence-corrected chi connectivity index (χ0v) is 11.1. The van der Waals surface area contributed by atoms with Crippen molar-refractivity contribution >= 4 is 5.91 Å². The molecule has 0 spiro atoms. The van der Waals surface area contributed by atoms with Crippen molar-refractivity contribution in [2.75, 3.05) is 26.4 Å². The van der Waals surface area contributed by atoms with E-state index in [4.69, 9.17) is 15.2 Å². The Hall–Kier alpha value is -0.650. The molecule has 18 heavy (non-hydrogen) atoms. The summed E-state index contributed by atoms with van der Waals surface area (Å²) in [6, 6.07) is 0.254. The van der Waals surface area contributed by atoms with Crippen molar-refractivity contribution in [1.29, 1.82) is 0 Å². The first-order valence-electron chi connectivity index (χ1n) is 6.89. The number of ether oxygens (including phenoxy) is 2. The second kappa shape index (κ2) is 6.50. The largest absolute Gasteiger partial charge is 0.376 e. The van der Waals surface area contributed by atoms with Crippen LogP contribution >= 0.6 is 0 Å². The molecule has 1 heterocycles. The molecule has 2 fully saturated rings. The van der Waals surface area contributed by atoms with Crippen LogP contribution in [0, 0.1) is 11.8 Å². The average molecular weight is 256 g/mol. The molecule has 1 aliphatic carbocycles. The van der Waals surface area contributed by atoms with Gasteiger partial charge in [-0.3, -0.25) is 4.79 Å². The minimum absolute atomic E-state index is 0.00553. The topological polar surface area (TPSA) is 73.6 Å². The molecule has 0 bridgehead atoms. The van der Waals surface area contributed by atoms with E-state index in [1.165, 1.54) is 0 Å². The van der Waals surface area contributed by atoms with Crippen LogP contribution in [0.25, 0.3) is 0 Å². The first-order valence-corrected chi connectivity index (χ1v) is 6.89. The molecule has 1 saturated carbocycles. The first-order chi connectivity index (χ1) is 8.66. The molecule has 104 valence electrons. The van der Waals surface area contributed by atoms with Crippen LogP contribution in [0.1, 0.15) is 26.2 Å². The molecule has 2 rings (SSSR count). The number of hydrogen-bond donors (Lipinski definition) is 2. The van der Waals surface area contributed by atoms with E-state index in [2.05, 4.69) is 12.2 Å². The molecular formula is C13H24N2O3. The third kappa shape index (κ3) is 3.67. The van der Waals surface area contributed by atoms with Gasteiger partial charge in [0, 0.05) is 18.5 Å². The highest BCUT2D eigenvalue weighted by Crippen LogP contribution is 2.27. The van der Waals surface area contributed by atoms with Gasteiger partial charge in [0.2, 0.25) is 5.91 Å². The molecule has 3 N–H and O–H groups in total. The summed E-state index contributed by atoms with van der Waals surface area (Å²) in [7, 11) is 0. The molecule has 5 heteroatoms. The van der Waals surface area contributed by atoms with Crippen LogP contribution in [0.15, 0.2) is 0 Å². The Morgan fingerprint density at radius 1 is 1.39 bits per heavy atom. The average Bonchev–Trinajstić information content (AvgIpc) is 2.40. The number of carbonyl (C=O) groups is 1. The van der Waals surface area contributed by atoms with E-state index in [0.717, 1.165) is 19.3 Å². The van der Waals surface area contributed by atoms with E-state index in [-0.39, 0.29) is 24.0 Å². The molecule has 0 aromatic heterocycles. The maximum absolute atomic E-state index is 12.0. The van der Waals surface area contributed by atoms with Gasteiger partial charge in [-0.05, 0) is 25.2 Å². The zero-order chi connectivity index (χ0) is 13.0. The second-order valence-electron chi connectivity index (χ2n) is 5.46. The van der Waals surface area contributed by atoms with Crippen LogP contribution < -0.4 is 11.1 Å². The van der Waals surface area contributed by atoms with Crippen molar-refractivity contribution in [3.63, 3.8) is 0 Å². The van der Waals surface area contributed by atoms with Gasteiger partial charge in [-0.15, -0.1) is 0 Å².